The molecule has 0 saturated heterocycles. The van der Waals surface area contributed by atoms with Gasteiger partial charge in [-0.05, 0) is 24.6 Å². The van der Waals surface area contributed by atoms with E-state index < -0.39 is 11.6 Å². The van der Waals surface area contributed by atoms with Crippen LogP contribution in [0.4, 0.5) is 8.78 Å². The Hall–Kier alpha value is -1.33. The second kappa shape index (κ2) is 6.41. The van der Waals surface area contributed by atoms with Crippen molar-refractivity contribution in [2.45, 2.75) is 33.2 Å². The normalized spacial score (nSPS) is 11.3. The molecule has 1 N–H and O–H groups in total. The van der Waals surface area contributed by atoms with Crippen molar-refractivity contribution in [1.82, 2.24) is 10.3 Å². The molecule has 20 heavy (non-hydrogen) atoms. The zero-order valence-corrected chi connectivity index (χ0v) is 12.7. The fourth-order valence-corrected chi connectivity index (χ4v) is 3.17. The van der Waals surface area contributed by atoms with E-state index in [1.807, 2.05) is 6.92 Å². The van der Waals surface area contributed by atoms with Crippen LogP contribution in [-0.2, 0) is 6.54 Å². The molecule has 2 aromatic rings. The fourth-order valence-electron chi connectivity index (χ4n) is 1.96. The average Bonchev–Trinajstić information content (AvgIpc) is 2.80. The Balaban J connectivity index is 2.41. The number of halogens is 2. The highest BCUT2D eigenvalue weighted by molar-refractivity contribution is 7.15. The zero-order chi connectivity index (χ0) is 14.7. The summed E-state index contributed by atoms with van der Waals surface area (Å²) in [5.74, 6) is -0.860. The van der Waals surface area contributed by atoms with Gasteiger partial charge in [-0.3, -0.25) is 0 Å². The molecule has 1 aromatic heterocycles. The Morgan fingerprint density at radius 1 is 1.30 bits per heavy atom. The van der Waals surface area contributed by atoms with Crippen LogP contribution in [-0.4, -0.2) is 11.5 Å². The van der Waals surface area contributed by atoms with Gasteiger partial charge in [0.05, 0.1) is 5.69 Å². The summed E-state index contributed by atoms with van der Waals surface area (Å²) >= 11 is 1.46. The molecule has 0 aliphatic heterocycles. The number of hydrogen-bond donors (Lipinski definition) is 1. The van der Waals surface area contributed by atoms with Gasteiger partial charge in [0.2, 0.25) is 0 Å². The van der Waals surface area contributed by atoms with Crippen molar-refractivity contribution >= 4 is 11.3 Å². The summed E-state index contributed by atoms with van der Waals surface area (Å²) in [5.41, 5.74) is 1.34. The number of benzene rings is 1. The first kappa shape index (κ1) is 15.1. The van der Waals surface area contributed by atoms with E-state index in [1.54, 1.807) is 0 Å². The predicted molar refractivity (Wildman–Crippen MR) is 78.9 cm³/mol. The van der Waals surface area contributed by atoms with E-state index in [0.29, 0.717) is 10.6 Å². The number of thiazole rings is 1. The van der Waals surface area contributed by atoms with Crippen LogP contribution in [0.2, 0.25) is 0 Å². The van der Waals surface area contributed by atoms with Crippen molar-refractivity contribution < 1.29 is 8.78 Å². The Morgan fingerprint density at radius 3 is 2.65 bits per heavy atom. The lowest BCUT2D eigenvalue weighted by Crippen LogP contribution is -2.12. The Bertz CT molecular complexity index is 594. The minimum Gasteiger partial charge on any atom is -0.312 e. The summed E-state index contributed by atoms with van der Waals surface area (Å²) in [6, 6.07) is 3.61. The summed E-state index contributed by atoms with van der Waals surface area (Å²) in [5, 5.41) is 3.88. The van der Waals surface area contributed by atoms with Crippen molar-refractivity contribution in [1.29, 1.82) is 0 Å². The van der Waals surface area contributed by atoms with Gasteiger partial charge in [0.25, 0.3) is 0 Å². The molecule has 0 aliphatic carbocycles. The van der Waals surface area contributed by atoms with Crippen LogP contribution in [0.1, 0.15) is 37.3 Å². The fraction of sp³-hybridized carbons (Fsp3) is 0.400. The summed E-state index contributed by atoms with van der Waals surface area (Å²) in [7, 11) is 0. The highest BCUT2D eigenvalue weighted by Crippen LogP contribution is 2.33. The zero-order valence-electron chi connectivity index (χ0n) is 11.8. The molecule has 0 fully saturated rings. The Labute approximate surface area is 121 Å². The minimum atomic E-state index is -0.570. The average molecular weight is 296 g/mol. The van der Waals surface area contributed by atoms with E-state index in [2.05, 4.69) is 24.1 Å². The SMILES string of the molecule is CCNCc1sc(-c2ccc(F)cc2F)nc1C(C)C. The molecular weight excluding hydrogens is 278 g/mol. The number of aromatic nitrogens is 1. The van der Waals surface area contributed by atoms with Crippen molar-refractivity contribution in [2.75, 3.05) is 6.54 Å². The molecule has 0 radical (unpaired) electrons. The van der Waals surface area contributed by atoms with Crippen molar-refractivity contribution in [3.63, 3.8) is 0 Å². The van der Waals surface area contributed by atoms with Crippen LogP contribution < -0.4 is 5.32 Å². The van der Waals surface area contributed by atoms with Crippen LogP contribution in [0.3, 0.4) is 0 Å². The molecule has 1 aromatic carbocycles. The summed E-state index contributed by atoms with van der Waals surface area (Å²) in [6.07, 6.45) is 0. The third kappa shape index (κ3) is 3.22. The summed E-state index contributed by atoms with van der Waals surface area (Å²) in [6.45, 7) is 7.77. The molecule has 2 rings (SSSR count). The van der Waals surface area contributed by atoms with Crippen LogP contribution in [0.25, 0.3) is 10.6 Å². The van der Waals surface area contributed by atoms with Gasteiger partial charge in [-0.15, -0.1) is 11.3 Å². The molecule has 0 atom stereocenters. The number of rotatable bonds is 5. The first-order valence-electron chi connectivity index (χ1n) is 6.68. The third-order valence-corrected chi connectivity index (χ3v) is 4.08. The molecule has 1 heterocycles. The number of nitrogens with one attached hydrogen (secondary N) is 1. The smallest absolute Gasteiger partial charge is 0.136 e. The standard InChI is InChI=1S/C15H18F2N2S/c1-4-18-8-13-14(9(2)3)19-15(20-13)11-6-5-10(16)7-12(11)17/h5-7,9,18H,4,8H2,1-3H3. The van der Waals surface area contributed by atoms with Gasteiger partial charge in [-0.1, -0.05) is 20.8 Å². The maximum atomic E-state index is 13.8. The van der Waals surface area contributed by atoms with E-state index >= 15 is 0 Å². The van der Waals surface area contributed by atoms with Gasteiger partial charge >= 0.3 is 0 Å². The molecular formula is C15H18F2N2S. The molecule has 5 heteroatoms. The van der Waals surface area contributed by atoms with E-state index in [-0.39, 0.29) is 5.92 Å². The van der Waals surface area contributed by atoms with E-state index in [4.69, 9.17) is 0 Å². The van der Waals surface area contributed by atoms with Gasteiger partial charge in [-0.2, -0.15) is 0 Å². The first-order valence-corrected chi connectivity index (χ1v) is 7.50. The molecule has 2 nitrogen and oxygen atoms in total. The van der Waals surface area contributed by atoms with Crippen LogP contribution >= 0.6 is 11.3 Å². The topological polar surface area (TPSA) is 24.9 Å². The highest BCUT2D eigenvalue weighted by atomic mass is 32.1. The quantitative estimate of drug-likeness (QED) is 0.888. The highest BCUT2D eigenvalue weighted by Gasteiger charge is 2.17. The van der Waals surface area contributed by atoms with E-state index in [9.17, 15) is 8.78 Å². The summed E-state index contributed by atoms with van der Waals surface area (Å²) < 4.78 is 26.8. The Kier molecular flexibility index (Phi) is 4.83. The van der Waals surface area contributed by atoms with Crippen LogP contribution in [0, 0.1) is 11.6 Å². The molecule has 0 spiro atoms. The van der Waals surface area contributed by atoms with E-state index in [1.165, 1.54) is 23.5 Å². The molecule has 0 aliphatic rings. The summed E-state index contributed by atoms with van der Waals surface area (Å²) in [4.78, 5) is 5.65. The number of nitrogens with zero attached hydrogens (tertiary/aromatic N) is 1. The lowest BCUT2D eigenvalue weighted by molar-refractivity contribution is 0.585. The molecule has 0 saturated carbocycles. The molecule has 0 unspecified atom stereocenters. The van der Waals surface area contributed by atoms with Gasteiger partial charge in [-0.25, -0.2) is 13.8 Å². The van der Waals surface area contributed by atoms with Gasteiger partial charge < -0.3 is 5.32 Å². The van der Waals surface area contributed by atoms with Gasteiger partial charge in [0.1, 0.15) is 16.6 Å². The maximum Gasteiger partial charge on any atom is 0.136 e. The molecule has 0 amide bonds. The van der Waals surface area contributed by atoms with Gasteiger partial charge in [0, 0.05) is 23.1 Å². The van der Waals surface area contributed by atoms with Crippen LogP contribution in [0.5, 0.6) is 0 Å². The maximum absolute atomic E-state index is 13.8. The van der Waals surface area contributed by atoms with Gasteiger partial charge in [0.15, 0.2) is 0 Å². The first-order chi connectivity index (χ1) is 9.52. The Morgan fingerprint density at radius 2 is 2.05 bits per heavy atom. The lowest BCUT2D eigenvalue weighted by atomic mass is 10.1. The third-order valence-electron chi connectivity index (χ3n) is 2.97. The molecule has 0 bridgehead atoms. The predicted octanol–water partition coefficient (Wildman–Crippen LogP) is 4.32. The number of hydrogen-bond acceptors (Lipinski definition) is 3. The van der Waals surface area contributed by atoms with Crippen LogP contribution in [0.15, 0.2) is 18.2 Å². The second-order valence-electron chi connectivity index (χ2n) is 4.89. The van der Waals surface area contributed by atoms with E-state index in [0.717, 1.165) is 29.7 Å². The molecule has 108 valence electrons. The van der Waals surface area contributed by atoms with Crippen molar-refractivity contribution in [3.8, 4) is 10.6 Å². The lowest BCUT2D eigenvalue weighted by Gasteiger charge is -2.04. The second-order valence-corrected chi connectivity index (χ2v) is 5.97. The van der Waals surface area contributed by atoms with Crippen molar-refractivity contribution in [3.05, 3.63) is 40.4 Å². The van der Waals surface area contributed by atoms with Crippen molar-refractivity contribution in [2.24, 2.45) is 0 Å². The largest absolute Gasteiger partial charge is 0.312 e. The monoisotopic (exact) mass is 296 g/mol. The minimum absolute atomic E-state index is 0.275.